The van der Waals surface area contributed by atoms with Gasteiger partial charge in [0, 0.05) is 37.4 Å². The van der Waals surface area contributed by atoms with Gasteiger partial charge in [-0.1, -0.05) is 18.2 Å². The second kappa shape index (κ2) is 7.39. The quantitative estimate of drug-likeness (QED) is 0.842. The average molecular weight is 353 g/mol. The molecule has 7 heteroatoms. The van der Waals surface area contributed by atoms with E-state index in [1.807, 2.05) is 4.90 Å². The molecule has 134 valence electrons. The van der Waals surface area contributed by atoms with Gasteiger partial charge in [-0.05, 0) is 31.0 Å². The van der Waals surface area contributed by atoms with Crippen molar-refractivity contribution >= 4 is 5.82 Å². The number of pyridine rings is 1. The van der Waals surface area contributed by atoms with Gasteiger partial charge in [0.15, 0.2) is 0 Å². The number of nitrogens with one attached hydrogen (secondary N) is 1. The topological polar surface area (TPSA) is 28.2 Å². The van der Waals surface area contributed by atoms with E-state index in [2.05, 4.69) is 10.3 Å². The summed E-state index contributed by atoms with van der Waals surface area (Å²) in [6.07, 6.45) is -1.83. The molecule has 0 unspecified atom stereocenters. The van der Waals surface area contributed by atoms with Gasteiger partial charge >= 0.3 is 6.18 Å². The first-order chi connectivity index (χ1) is 11.9. The minimum Gasteiger partial charge on any atom is -0.357 e. The van der Waals surface area contributed by atoms with Crippen LogP contribution in [0, 0.1) is 5.82 Å². The molecule has 2 aromatic rings. The minimum absolute atomic E-state index is 0.221. The van der Waals surface area contributed by atoms with Gasteiger partial charge in [0.05, 0.1) is 5.56 Å². The Kier molecular flexibility index (Phi) is 5.22. The van der Waals surface area contributed by atoms with Crippen LogP contribution in [0.1, 0.15) is 24.0 Å². The van der Waals surface area contributed by atoms with Crippen molar-refractivity contribution in [1.82, 2.24) is 10.3 Å². The molecule has 0 amide bonds. The third-order valence-electron chi connectivity index (χ3n) is 4.43. The van der Waals surface area contributed by atoms with Crippen molar-refractivity contribution in [2.24, 2.45) is 0 Å². The van der Waals surface area contributed by atoms with Crippen LogP contribution in [-0.4, -0.2) is 24.1 Å². The van der Waals surface area contributed by atoms with Crippen LogP contribution in [0.2, 0.25) is 0 Å². The molecule has 0 bridgehead atoms. The summed E-state index contributed by atoms with van der Waals surface area (Å²) >= 11 is 0. The molecule has 3 rings (SSSR count). The Morgan fingerprint density at radius 3 is 2.40 bits per heavy atom. The van der Waals surface area contributed by atoms with E-state index in [4.69, 9.17) is 0 Å². The Morgan fingerprint density at radius 2 is 1.80 bits per heavy atom. The third kappa shape index (κ3) is 4.48. The number of benzene rings is 1. The average Bonchev–Trinajstić information content (AvgIpc) is 2.61. The number of hydrogen-bond donors (Lipinski definition) is 1. The molecule has 2 heterocycles. The minimum atomic E-state index is -4.37. The van der Waals surface area contributed by atoms with Crippen LogP contribution in [0.5, 0.6) is 0 Å². The highest BCUT2D eigenvalue weighted by molar-refractivity contribution is 5.40. The van der Waals surface area contributed by atoms with Gasteiger partial charge in [0.2, 0.25) is 0 Å². The summed E-state index contributed by atoms with van der Waals surface area (Å²) in [5.41, 5.74) is -0.105. The zero-order valence-corrected chi connectivity index (χ0v) is 13.6. The van der Waals surface area contributed by atoms with Crippen molar-refractivity contribution in [2.45, 2.75) is 31.6 Å². The first-order valence-corrected chi connectivity index (χ1v) is 8.18. The lowest BCUT2D eigenvalue weighted by molar-refractivity contribution is -0.137. The molecule has 0 spiro atoms. The van der Waals surface area contributed by atoms with Crippen molar-refractivity contribution in [1.29, 1.82) is 0 Å². The summed E-state index contributed by atoms with van der Waals surface area (Å²) in [6, 6.07) is 9.39. The second-order valence-corrected chi connectivity index (χ2v) is 6.14. The molecule has 1 N–H and O–H groups in total. The van der Waals surface area contributed by atoms with E-state index in [-0.39, 0.29) is 11.9 Å². The zero-order valence-electron chi connectivity index (χ0n) is 13.6. The molecule has 1 aliphatic heterocycles. The van der Waals surface area contributed by atoms with Gasteiger partial charge in [0.1, 0.15) is 11.6 Å². The summed E-state index contributed by atoms with van der Waals surface area (Å²) in [6.45, 7) is 1.87. The van der Waals surface area contributed by atoms with E-state index >= 15 is 0 Å². The Morgan fingerprint density at radius 1 is 1.08 bits per heavy atom. The number of anilines is 1. The number of aromatic nitrogens is 1. The predicted molar refractivity (Wildman–Crippen MR) is 87.7 cm³/mol. The largest absolute Gasteiger partial charge is 0.417 e. The maximum absolute atomic E-state index is 13.6. The molecule has 1 fully saturated rings. The maximum Gasteiger partial charge on any atom is 0.417 e. The SMILES string of the molecule is Fc1ccccc1CNC1CCN(c2ccc(C(F)(F)F)cn2)CC1. The maximum atomic E-state index is 13.6. The fourth-order valence-electron chi connectivity index (χ4n) is 2.95. The van der Waals surface area contributed by atoms with Crippen molar-refractivity contribution in [3.8, 4) is 0 Å². The van der Waals surface area contributed by atoms with E-state index in [1.165, 1.54) is 12.1 Å². The van der Waals surface area contributed by atoms with Crippen LogP contribution >= 0.6 is 0 Å². The molecule has 0 saturated carbocycles. The van der Waals surface area contributed by atoms with Gasteiger partial charge in [-0.3, -0.25) is 0 Å². The number of alkyl halides is 3. The summed E-state index contributed by atoms with van der Waals surface area (Å²) in [7, 11) is 0. The molecule has 1 aliphatic rings. The monoisotopic (exact) mass is 353 g/mol. The molecule has 1 aromatic heterocycles. The lowest BCUT2D eigenvalue weighted by Gasteiger charge is -2.33. The number of rotatable bonds is 4. The van der Waals surface area contributed by atoms with Crippen molar-refractivity contribution in [3.05, 3.63) is 59.5 Å². The van der Waals surface area contributed by atoms with Crippen LogP contribution in [-0.2, 0) is 12.7 Å². The van der Waals surface area contributed by atoms with E-state index in [0.717, 1.165) is 25.1 Å². The highest BCUT2D eigenvalue weighted by atomic mass is 19.4. The molecule has 1 aromatic carbocycles. The smallest absolute Gasteiger partial charge is 0.357 e. The number of hydrogen-bond acceptors (Lipinski definition) is 3. The summed E-state index contributed by atoms with van der Waals surface area (Å²) < 4.78 is 51.3. The highest BCUT2D eigenvalue weighted by Gasteiger charge is 2.31. The molecule has 1 saturated heterocycles. The predicted octanol–water partition coefficient (Wildman–Crippen LogP) is 4.00. The fourth-order valence-corrected chi connectivity index (χ4v) is 2.95. The van der Waals surface area contributed by atoms with Crippen LogP contribution in [0.15, 0.2) is 42.6 Å². The molecule has 0 radical (unpaired) electrons. The van der Waals surface area contributed by atoms with Crippen LogP contribution in [0.3, 0.4) is 0 Å². The van der Waals surface area contributed by atoms with Gasteiger partial charge in [-0.2, -0.15) is 13.2 Å². The Bertz CT molecular complexity index is 692. The first kappa shape index (κ1) is 17.7. The van der Waals surface area contributed by atoms with Crippen molar-refractivity contribution in [3.63, 3.8) is 0 Å². The molecular formula is C18H19F4N3. The fraction of sp³-hybridized carbons (Fsp3) is 0.389. The molecule has 0 atom stereocenters. The van der Waals surface area contributed by atoms with E-state index in [1.54, 1.807) is 18.2 Å². The van der Waals surface area contributed by atoms with E-state index in [0.29, 0.717) is 31.0 Å². The normalized spacial score (nSPS) is 16.2. The van der Waals surface area contributed by atoms with E-state index < -0.39 is 11.7 Å². The lowest BCUT2D eigenvalue weighted by Crippen LogP contribution is -2.42. The summed E-state index contributed by atoms with van der Waals surface area (Å²) in [5.74, 6) is 0.335. The standard InChI is InChI=1S/C18H19F4N3/c19-16-4-2-1-3-13(16)11-23-15-7-9-25(10-8-15)17-6-5-14(12-24-17)18(20,21)22/h1-6,12,15,23H,7-11H2. The van der Waals surface area contributed by atoms with Crippen molar-refractivity contribution in [2.75, 3.05) is 18.0 Å². The van der Waals surface area contributed by atoms with Crippen LogP contribution in [0.4, 0.5) is 23.4 Å². The molecule has 25 heavy (non-hydrogen) atoms. The third-order valence-corrected chi connectivity index (χ3v) is 4.43. The number of nitrogens with zero attached hydrogens (tertiary/aromatic N) is 2. The van der Waals surface area contributed by atoms with Gasteiger partial charge in [0.25, 0.3) is 0 Å². The van der Waals surface area contributed by atoms with Crippen LogP contribution < -0.4 is 10.2 Å². The van der Waals surface area contributed by atoms with Gasteiger partial charge in [-0.15, -0.1) is 0 Å². The van der Waals surface area contributed by atoms with Gasteiger partial charge in [-0.25, -0.2) is 9.37 Å². The lowest BCUT2D eigenvalue weighted by atomic mass is 10.0. The van der Waals surface area contributed by atoms with Crippen molar-refractivity contribution < 1.29 is 17.6 Å². The zero-order chi connectivity index (χ0) is 17.9. The first-order valence-electron chi connectivity index (χ1n) is 8.18. The highest BCUT2D eigenvalue weighted by Crippen LogP contribution is 2.29. The molecule has 0 aliphatic carbocycles. The number of piperidine rings is 1. The van der Waals surface area contributed by atoms with Crippen LogP contribution in [0.25, 0.3) is 0 Å². The summed E-state index contributed by atoms with van der Waals surface area (Å²) in [4.78, 5) is 5.91. The molecular weight excluding hydrogens is 334 g/mol. The number of halogens is 4. The Balaban J connectivity index is 1.51. The Labute approximate surface area is 143 Å². The molecule has 3 nitrogen and oxygen atoms in total. The van der Waals surface area contributed by atoms with Gasteiger partial charge < -0.3 is 10.2 Å². The van der Waals surface area contributed by atoms with E-state index in [9.17, 15) is 17.6 Å². The second-order valence-electron chi connectivity index (χ2n) is 6.14. The summed E-state index contributed by atoms with van der Waals surface area (Å²) in [5, 5.41) is 3.34. The Hall–Kier alpha value is -2.15.